The van der Waals surface area contributed by atoms with Gasteiger partial charge in [0.15, 0.2) is 0 Å². The van der Waals surface area contributed by atoms with Crippen molar-refractivity contribution in [3.63, 3.8) is 0 Å². The Morgan fingerprint density at radius 3 is 2.64 bits per heavy atom. The van der Waals surface area contributed by atoms with Gasteiger partial charge in [0.05, 0.1) is 6.10 Å². The van der Waals surface area contributed by atoms with E-state index in [4.69, 9.17) is 4.74 Å². The molecule has 0 aromatic rings. The SMILES string of the molecule is CCCC1COC(C)CC1C. The van der Waals surface area contributed by atoms with Gasteiger partial charge in [0.1, 0.15) is 0 Å². The third-order valence-corrected chi connectivity index (χ3v) is 2.76. The first-order valence-corrected chi connectivity index (χ1v) is 4.85. The summed E-state index contributed by atoms with van der Waals surface area (Å²) in [4.78, 5) is 0. The molecule has 66 valence electrons. The quantitative estimate of drug-likeness (QED) is 0.597. The standard InChI is InChI=1S/C10H20O/c1-4-5-10-7-11-9(3)6-8(10)2/h8-10H,4-7H2,1-3H3. The van der Waals surface area contributed by atoms with E-state index < -0.39 is 0 Å². The second-order valence-electron chi connectivity index (χ2n) is 3.91. The minimum atomic E-state index is 0.498. The summed E-state index contributed by atoms with van der Waals surface area (Å²) in [6, 6.07) is 0. The smallest absolute Gasteiger partial charge is 0.0549 e. The van der Waals surface area contributed by atoms with Crippen molar-refractivity contribution in [3.8, 4) is 0 Å². The van der Waals surface area contributed by atoms with Crippen LogP contribution >= 0.6 is 0 Å². The molecule has 1 fully saturated rings. The highest BCUT2D eigenvalue weighted by atomic mass is 16.5. The molecule has 0 bridgehead atoms. The second kappa shape index (κ2) is 4.10. The van der Waals surface area contributed by atoms with Gasteiger partial charge in [0, 0.05) is 6.61 Å². The fourth-order valence-electron chi connectivity index (χ4n) is 1.97. The fraction of sp³-hybridized carbons (Fsp3) is 1.00. The van der Waals surface area contributed by atoms with E-state index >= 15 is 0 Å². The summed E-state index contributed by atoms with van der Waals surface area (Å²) >= 11 is 0. The molecule has 0 aromatic heterocycles. The van der Waals surface area contributed by atoms with E-state index in [0.717, 1.165) is 18.4 Å². The van der Waals surface area contributed by atoms with Crippen LogP contribution in [0.2, 0.25) is 0 Å². The Morgan fingerprint density at radius 2 is 2.09 bits per heavy atom. The molecule has 0 spiro atoms. The van der Waals surface area contributed by atoms with Crippen LogP contribution in [0, 0.1) is 11.8 Å². The number of hydrogen-bond donors (Lipinski definition) is 0. The van der Waals surface area contributed by atoms with Gasteiger partial charge in [-0.15, -0.1) is 0 Å². The van der Waals surface area contributed by atoms with Gasteiger partial charge >= 0.3 is 0 Å². The van der Waals surface area contributed by atoms with E-state index in [1.807, 2.05) is 0 Å². The lowest BCUT2D eigenvalue weighted by Crippen LogP contribution is -2.30. The summed E-state index contributed by atoms with van der Waals surface area (Å²) in [7, 11) is 0. The number of hydrogen-bond acceptors (Lipinski definition) is 1. The molecule has 1 aliphatic heterocycles. The van der Waals surface area contributed by atoms with Gasteiger partial charge in [-0.1, -0.05) is 20.3 Å². The normalized spacial score (nSPS) is 39.0. The Bertz CT molecular complexity index is 111. The van der Waals surface area contributed by atoms with Crippen LogP contribution in [0.3, 0.4) is 0 Å². The van der Waals surface area contributed by atoms with E-state index in [0.29, 0.717) is 6.10 Å². The van der Waals surface area contributed by atoms with Crippen molar-refractivity contribution in [1.82, 2.24) is 0 Å². The van der Waals surface area contributed by atoms with E-state index in [1.54, 1.807) is 0 Å². The van der Waals surface area contributed by atoms with Crippen molar-refractivity contribution in [2.45, 2.75) is 46.1 Å². The lowest BCUT2D eigenvalue weighted by Gasteiger charge is -2.32. The lowest BCUT2D eigenvalue weighted by molar-refractivity contribution is -0.0347. The maximum Gasteiger partial charge on any atom is 0.0549 e. The average molecular weight is 156 g/mol. The van der Waals surface area contributed by atoms with Gasteiger partial charge in [-0.2, -0.15) is 0 Å². The fourth-order valence-corrected chi connectivity index (χ4v) is 1.97. The average Bonchev–Trinajstić information content (AvgIpc) is 1.95. The maximum absolute atomic E-state index is 5.61. The first-order chi connectivity index (χ1) is 5.24. The van der Waals surface area contributed by atoms with Crippen LogP contribution < -0.4 is 0 Å². The molecule has 0 aliphatic carbocycles. The minimum Gasteiger partial charge on any atom is -0.378 e. The molecule has 1 saturated heterocycles. The molecule has 0 N–H and O–H groups in total. The molecule has 0 radical (unpaired) electrons. The Kier molecular flexibility index (Phi) is 3.38. The van der Waals surface area contributed by atoms with Crippen LogP contribution in [0.1, 0.15) is 40.0 Å². The third kappa shape index (κ3) is 2.48. The van der Waals surface area contributed by atoms with Gasteiger partial charge in [-0.3, -0.25) is 0 Å². The van der Waals surface area contributed by atoms with Crippen LogP contribution in [0.25, 0.3) is 0 Å². The highest BCUT2D eigenvalue weighted by Gasteiger charge is 2.24. The Morgan fingerprint density at radius 1 is 1.36 bits per heavy atom. The number of rotatable bonds is 2. The van der Waals surface area contributed by atoms with Crippen LogP contribution in [0.15, 0.2) is 0 Å². The monoisotopic (exact) mass is 156 g/mol. The molecule has 3 unspecified atom stereocenters. The molecular formula is C10H20O. The van der Waals surface area contributed by atoms with Crippen molar-refractivity contribution in [1.29, 1.82) is 0 Å². The van der Waals surface area contributed by atoms with E-state index in [9.17, 15) is 0 Å². The molecule has 3 atom stereocenters. The molecule has 1 nitrogen and oxygen atoms in total. The molecule has 1 heterocycles. The van der Waals surface area contributed by atoms with Crippen molar-refractivity contribution in [2.75, 3.05) is 6.61 Å². The molecule has 0 saturated carbocycles. The lowest BCUT2D eigenvalue weighted by atomic mass is 9.85. The van der Waals surface area contributed by atoms with E-state index in [2.05, 4.69) is 20.8 Å². The van der Waals surface area contributed by atoms with Crippen LogP contribution in [-0.4, -0.2) is 12.7 Å². The van der Waals surface area contributed by atoms with E-state index in [1.165, 1.54) is 19.3 Å². The first-order valence-electron chi connectivity index (χ1n) is 4.85. The summed E-state index contributed by atoms with van der Waals surface area (Å²) in [5, 5.41) is 0. The number of ether oxygens (including phenoxy) is 1. The highest BCUT2D eigenvalue weighted by Crippen LogP contribution is 2.28. The molecular weight excluding hydrogens is 136 g/mol. The van der Waals surface area contributed by atoms with Crippen molar-refractivity contribution in [3.05, 3.63) is 0 Å². The Labute approximate surface area is 70.1 Å². The van der Waals surface area contributed by atoms with Gasteiger partial charge in [0.25, 0.3) is 0 Å². The van der Waals surface area contributed by atoms with Gasteiger partial charge < -0.3 is 4.74 Å². The summed E-state index contributed by atoms with van der Waals surface area (Å²) < 4.78 is 5.61. The highest BCUT2D eigenvalue weighted by molar-refractivity contribution is 4.73. The predicted octanol–water partition coefficient (Wildman–Crippen LogP) is 2.85. The first kappa shape index (κ1) is 9.05. The molecule has 1 heteroatoms. The largest absolute Gasteiger partial charge is 0.378 e. The van der Waals surface area contributed by atoms with Gasteiger partial charge in [-0.05, 0) is 31.6 Å². The topological polar surface area (TPSA) is 9.23 Å². The van der Waals surface area contributed by atoms with Crippen LogP contribution in [-0.2, 0) is 4.74 Å². The zero-order valence-electron chi connectivity index (χ0n) is 7.97. The van der Waals surface area contributed by atoms with E-state index in [-0.39, 0.29) is 0 Å². The summed E-state index contributed by atoms with van der Waals surface area (Å²) in [6.07, 6.45) is 4.39. The Balaban J connectivity index is 2.31. The summed E-state index contributed by atoms with van der Waals surface area (Å²) in [6.45, 7) is 7.79. The molecule has 11 heavy (non-hydrogen) atoms. The predicted molar refractivity (Wildman–Crippen MR) is 47.6 cm³/mol. The van der Waals surface area contributed by atoms with Gasteiger partial charge in [-0.25, -0.2) is 0 Å². The van der Waals surface area contributed by atoms with Crippen molar-refractivity contribution in [2.24, 2.45) is 11.8 Å². The summed E-state index contributed by atoms with van der Waals surface area (Å²) in [5.74, 6) is 1.70. The molecule has 0 amide bonds. The van der Waals surface area contributed by atoms with Crippen LogP contribution in [0.4, 0.5) is 0 Å². The minimum absolute atomic E-state index is 0.498. The molecule has 0 aromatic carbocycles. The maximum atomic E-state index is 5.61. The zero-order valence-corrected chi connectivity index (χ0v) is 7.97. The molecule has 1 rings (SSSR count). The molecule has 1 aliphatic rings. The third-order valence-electron chi connectivity index (χ3n) is 2.76. The zero-order chi connectivity index (χ0) is 8.27. The van der Waals surface area contributed by atoms with Crippen LogP contribution in [0.5, 0.6) is 0 Å². The summed E-state index contributed by atoms with van der Waals surface area (Å²) in [5.41, 5.74) is 0. The second-order valence-corrected chi connectivity index (χ2v) is 3.91. The Hall–Kier alpha value is -0.0400. The van der Waals surface area contributed by atoms with Crippen molar-refractivity contribution < 1.29 is 4.74 Å². The van der Waals surface area contributed by atoms with Gasteiger partial charge in [0.2, 0.25) is 0 Å². The van der Waals surface area contributed by atoms with Crippen molar-refractivity contribution >= 4 is 0 Å².